The molecule has 1 aromatic rings. The van der Waals surface area contributed by atoms with Gasteiger partial charge in [0.2, 0.25) is 11.8 Å². The van der Waals surface area contributed by atoms with Gasteiger partial charge in [0.15, 0.2) is 0 Å². The first-order valence-corrected chi connectivity index (χ1v) is 8.88. The Balaban J connectivity index is 1.37. The van der Waals surface area contributed by atoms with Crippen molar-refractivity contribution in [3.63, 3.8) is 0 Å². The van der Waals surface area contributed by atoms with Gasteiger partial charge in [0.05, 0.1) is 0 Å². The zero-order chi connectivity index (χ0) is 15.8. The number of carbonyl (C=O) groups is 2. The van der Waals surface area contributed by atoms with Gasteiger partial charge in [-0.3, -0.25) is 9.59 Å². The first kappa shape index (κ1) is 14.7. The number of nitrogens with one attached hydrogen (secondary N) is 1. The van der Waals surface area contributed by atoms with Gasteiger partial charge in [-0.25, -0.2) is 0 Å². The molecule has 4 rings (SSSR count). The van der Waals surface area contributed by atoms with E-state index in [2.05, 4.69) is 17.4 Å². The Bertz CT molecular complexity index is 597. The molecule has 122 valence electrons. The van der Waals surface area contributed by atoms with Crippen LogP contribution in [-0.4, -0.2) is 35.3 Å². The molecule has 1 N–H and O–H groups in total. The topological polar surface area (TPSA) is 49.4 Å². The number of benzene rings is 1. The Kier molecular flexibility index (Phi) is 3.83. The lowest BCUT2D eigenvalue weighted by molar-refractivity contribution is -0.143. The standard InChI is InChI=1S/C19H24N2O2/c22-18(20-11-10-13-4-2-1-3-5-13)17-15-8-9-16(12-15)21(17)19(23)14-6-7-14/h1-5,14-17H,6-12H2,(H,20,22). The Hall–Kier alpha value is -1.84. The van der Waals surface area contributed by atoms with Gasteiger partial charge in [0, 0.05) is 18.5 Å². The quantitative estimate of drug-likeness (QED) is 0.905. The highest BCUT2D eigenvalue weighted by atomic mass is 16.2. The zero-order valence-electron chi connectivity index (χ0n) is 13.4. The summed E-state index contributed by atoms with van der Waals surface area (Å²) in [6, 6.07) is 10.3. The maximum Gasteiger partial charge on any atom is 0.243 e. The van der Waals surface area contributed by atoms with Crippen LogP contribution in [0.4, 0.5) is 0 Å². The van der Waals surface area contributed by atoms with E-state index < -0.39 is 0 Å². The fourth-order valence-corrected chi connectivity index (χ4v) is 4.26. The van der Waals surface area contributed by atoms with Crippen LogP contribution in [0.5, 0.6) is 0 Å². The summed E-state index contributed by atoms with van der Waals surface area (Å²) in [6.45, 7) is 0.641. The van der Waals surface area contributed by atoms with Gasteiger partial charge in [-0.1, -0.05) is 30.3 Å². The maximum atomic E-state index is 12.7. The summed E-state index contributed by atoms with van der Waals surface area (Å²) in [7, 11) is 0. The molecule has 1 aromatic carbocycles. The van der Waals surface area contributed by atoms with Crippen molar-refractivity contribution in [1.29, 1.82) is 0 Å². The van der Waals surface area contributed by atoms with Crippen LogP contribution in [0.25, 0.3) is 0 Å². The smallest absolute Gasteiger partial charge is 0.243 e. The van der Waals surface area contributed by atoms with E-state index in [1.54, 1.807) is 0 Å². The number of hydrogen-bond donors (Lipinski definition) is 1. The highest BCUT2D eigenvalue weighted by Crippen LogP contribution is 2.45. The van der Waals surface area contributed by atoms with Crippen LogP contribution in [0.1, 0.15) is 37.7 Å². The molecule has 3 aliphatic rings. The fraction of sp³-hybridized carbons (Fsp3) is 0.579. The molecule has 3 fully saturated rings. The van der Waals surface area contributed by atoms with Crippen LogP contribution < -0.4 is 5.32 Å². The Morgan fingerprint density at radius 2 is 1.87 bits per heavy atom. The molecule has 1 saturated heterocycles. The molecule has 3 atom stereocenters. The monoisotopic (exact) mass is 312 g/mol. The molecule has 4 nitrogen and oxygen atoms in total. The van der Waals surface area contributed by atoms with Gasteiger partial charge >= 0.3 is 0 Å². The number of amides is 2. The van der Waals surface area contributed by atoms with Gasteiger partial charge in [-0.15, -0.1) is 0 Å². The van der Waals surface area contributed by atoms with Crippen molar-refractivity contribution >= 4 is 11.8 Å². The number of fused-ring (bicyclic) bond motifs is 2. The van der Waals surface area contributed by atoms with E-state index >= 15 is 0 Å². The second kappa shape index (κ2) is 5.99. The van der Waals surface area contributed by atoms with Crippen LogP contribution in [0.3, 0.4) is 0 Å². The molecule has 0 radical (unpaired) electrons. The average Bonchev–Trinajstić information content (AvgIpc) is 3.23. The lowest BCUT2D eigenvalue weighted by atomic mass is 9.97. The van der Waals surface area contributed by atoms with Crippen molar-refractivity contribution in [2.75, 3.05) is 6.54 Å². The number of rotatable bonds is 5. The molecule has 2 amide bonds. The van der Waals surface area contributed by atoms with Gasteiger partial charge in [0.1, 0.15) is 6.04 Å². The van der Waals surface area contributed by atoms with E-state index in [4.69, 9.17) is 0 Å². The van der Waals surface area contributed by atoms with E-state index in [0.29, 0.717) is 18.5 Å². The third-order valence-corrected chi connectivity index (χ3v) is 5.59. The average molecular weight is 312 g/mol. The molecule has 4 heteroatoms. The molecule has 23 heavy (non-hydrogen) atoms. The second-order valence-corrected chi connectivity index (χ2v) is 7.22. The summed E-state index contributed by atoms with van der Waals surface area (Å²) in [4.78, 5) is 27.2. The first-order chi connectivity index (χ1) is 11.2. The maximum absolute atomic E-state index is 12.7. The Morgan fingerprint density at radius 3 is 2.61 bits per heavy atom. The summed E-state index contributed by atoms with van der Waals surface area (Å²) in [5.41, 5.74) is 1.23. The lowest BCUT2D eigenvalue weighted by Gasteiger charge is -2.34. The van der Waals surface area contributed by atoms with E-state index in [1.165, 1.54) is 5.56 Å². The van der Waals surface area contributed by atoms with E-state index in [9.17, 15) is 9.59 Å². The lowest BCUT2D eigenvalue weighted by Crippen LogP contribution is -2.53. The van der Waals surface area contributed by atoms with Crippen molar-refractivity contribution in [3.05, 3.63) is 35.9 Å². The van der Waals surface area contributed by atoms with Crippen LogP contribution in [-0.2, 0) is 16.0 Å². The normalized spacial score (nSPS) is 28.9. The largest absolute Gasteiger partial charge is 0.354 e. The molecule has 1 aliphatic heterocycles. The predicted octanol–water partition coefficient (Wildman–Crippen LogP) is 2.13. The third kappa shape index (κ3) is 2.87. The number of carbonyl (C=O) groups excluding carboxylic acids is 2. The van der Waals surface area contributed by atoms with Crippen LogP contribution in [0.2, 0.25) is 0 Å². The molecule has 2 aliphatic carbocycles. The second-order valence-electron chi connectivity index (χ2n) is 7.22. The van der Waals surface area contributed by atoms with Crippen molar-refractivity contribution in [2.45, 2.75) is 50.6 Å². The van der Waals surface area contributed by atoms with Crippen molar-refractivity contribution in [2.24, 2.45) is 11.8 Å². The first-order valence-electron chi connectivity index (χ1n) is 8.88. The molecule has 0 aromatic heterocycles. The minimum atomic E-state index is -0.211. The minimum absolute atomic E-state index is 0.0575. The molecule has 3 unspecified atom stereocenters. The van der Waals surface area contributed by atoms with Crippen molar-refractivity contribution in [1.82, 2.24) is 10.2 Å². The minimum Gasteiger partial charge on any atom is -0.354 e. The fourth-order valence-electron chi connectivity index (χ4n) is 4.26. The molecule has 2 bridgehead atoms. The van der Waals surface area contributed by atoms with E-state index in [0.717, 1.165) is 38.5 Å². The highest BCUT2D eigenvalue weighted by Gasteiger charge is 2.53. The van der Waals surface area contributed by atoms with E-state index in [-0.39, 0.29) is 23.8 Å². The van der Waals surface area contributed by atoms with Crippen molar-refractivity contribution in [3.8, 4) is 0 Å². The Morgan fingerprint density at radius 1 is 1.09 bits per heavy atom. The van der Waals surface area contributed by atoms with Gasteiger partial charge < -0.3 is 10.2 Å². The molecular formula is C19H24N2O2. The summed E-state index contributed by atoms with van der Waals surface area (Å²) in [6.07, 6.45) is 6.05. The SMILES string of the molecule is O=C(NCCc1ccccc1)C1C2CCC(C2)N1C(=O)C1CC1. The summed E-state index contributed by atoms with van der Waals surface area (Å²) in [5.74, 6) is 0.871. The van der Waals surface area contributed by atoms with Gasteiger partial charge in [-0.05, 0) is 50.0 Å². The molecule has 1 heterocycles. The molecular weight excluding hydrogens is 288 g/mol. The van der Waals surface area contributed by atoms with E-state index in [1.807, 2.05) is 23.1 Å². The number of nitrogens with zero attached hydrogens (tertiary/aromatic N) is 1. The van der Waals surface area contributed by atoms with Crippen LogP contribution in [0, 0.1) is 11.8 Å². The molecule has 2 saturated carbocycles. The summed E-state index contributed by atoms with van der Waals surface area (Å²) >= 11 is 0. The van der Waals surface area contributed by atoms with Crippen LogP contribution in [0.15, 0.2) is 30.3 Å². The number of piperidine rings is 1. The van der Waals surface area contributed by atoms with Crippen molar-refractivity contribution < 1.29 is 9.59 Å². The third-order valence-electron chi connectivity index (χ3n) is 5.59. The van der Waals surface area contributed by atoms with Crippen LogP contribution >= 0.6 is 0 Å². The van der Waals surface area contributed by atoms with Gasteiger partial charge in [0.25, 0.3) is 0 Å². The molecule has 0 spiro atoms. The summed E-state index contributed by atoms with van der Waals surface area (Å²) < 4.78 is 0. The zero-order valence-corrected chi connectivity index (χ0v) is 13.4. The van der Waals surface area contributed by atoms with Gasteiger partial charge in [-0.2, -0.15) is 0 Å². The highest BCUT2D eigenvalue weighted by molar-refractivity contribution is 5.90. The Labute approximate surface area is 137 Å². The number of hydrogen-bond acceptors (Lipinski definition) is 2. The summed E-state index contributed by atoms with van der Waals surface area (Å²) in [5, 5.41) is 3.07. The number of likely N-dealkylation sites (tertiary alicyclic amines) is 1. The predicted molar refractivity (Wildman–Crippen MR) is 87.6 cm³/mol.